The molecule has 0 unspecified atom stereocenters. The van der Waals surface area contributed by atoms with Gasteiger partial charge in [0.1, 0.15) is 5.69 Å². The Hall–Kier alpha value is -3.15. The van der Waals surface area contributed by atoms with Gasteiger partial charge in [-0.05, 0) is 17.7 Å². The Kier molecular flexibility index (Phi) is 3.57. The molecule has 0 aliphatic rings. The van der Waals surface area contributed by atoms with Crippen molar-refractivity contribution in [3.8, 4) is 11.3 Å². The molecule has 0 bridgehead atoms. The number of nitrogens with zero attached hydrogens (tertiary/aromatic N) is 3. The van der Waals surface area contributed by atoms with Crippen LogP contribution in [0.2, 0.25) is 0 Å². The van der Waals surface area contributed by atoms with Gasteiger partial charge in [-0.3, -0.25) is 0 Å². The largest absolute Gasteiger partial charge is 0.476 e. The third kappa shape index (κ3) is 2.67. The van der Waals surface area contributed by atoms with Crippen molar-refractivity contribution >= 4 is 11.7 Å². The number of hydrogen-bond acceptors (Lipinski definition) is 4. The molecule has 0 saturated carbocycles. The molecule has 0 aliphatic carbocycles. The Labute approximate surface area is 126 Å². The number of anilines is 1. The maximum Gasteiger partial charge on any atom is 0.358 e. The van der Waals surface area contributed by atoms with Crippen molar-refractivity contribution in [3.63, 3.8) is 0 Å². The van der Waals surface area contributed by atoms with Crippen LogP contribution in [0, 0.1) is 0 Å². The van der Waals surface area contributed by atoms with Crippen molar-refractivity contribution in [3.05, 3.63) is 65.9 Å². The molecule has 22 heavy (non-hydrogen) atoms. The van der Waals surface area contributed by atoms with Crippen LogP contribution in [-0.4, -0.2) is 26.1 Å². The first kappa shape index (κ1) is 13.8. The van der Waals surface area contributed by atoms with Crippen LogP contribution in [0.1, 0.15) is 16.1 Å². The van der Waals surface area contributed by atoms with Gasteiger partial charge in [-0.2, -0.15) is 0 Å². The van der Waals surface area contributed by atoms with Crippen LogP contribution in [0.5, 0.6) is 0 Å². The van der Waals surface area contributed by atoms with E-state index in [1.165, 1.54) is 0 Å². The molecular formula is C16H14N4O2. The van der Waals surface area contributed by atoms with Crippen molar-refractivity contribution in [1.82, 2.24) is 15.0 Å². The summed E-state index contributed by atoms with van der Waals surface area (Å²) < 4.78 is 1.59. The molecule has 6 heteroatoms. The second-order valence-corrected chi connectivity index (χ2v) is 4.86. The average Bonchev–Trinajstić information content (AvgIpc) is 2.93. The van der Waals surface area contributed by atoms with Gasteiger partial charge >= 0.3 is 5.97 Å². The quantitative estimate of drug-likeness (QED) is 0.720. The minimum Gasteiger partial charge on any atom is -0.476 e. The zero-order valence-electron chi connectivity index (χ0n) is 11.7. The number of carboxylic acid groups (broad SMARTS) is 1. The second kappa shape index (κ2) is 5.69. The van der Waals surface area contributed by atoms with Gasteiger partial charge in [-0.15, -0.1) is 5.10 Å². The van der Waals surface area contributed by atoms with E-state index in [2.05, 4.69) is 10.3 Å². The summed E-state index contributed by atoms with van der Waals surface area (Å²) in [6.07, 6.45) is 0. The maximum absolute atomic E-state index is 11.4. The molecule has 1 aromatic heterocycles. The summed E-state index contributed by atoms with van der Waals surface area (Å²) in [5, 5.41) is 17.1. The summed E-state index contributed by atoms with van der Waals surface area (Å²) in [7, 11) is 0. The summed E-state index contributed by atoms with van der Waals surface area (Å²) in [5.41, 5.74) is 8.43. The first-order chi connectivity index (χ1) is 10.6. The third-order valence-electron chi connectivity index (χ3n) is 3.30. The minimum atomic E-state index is -1.11. The van der Waals surface area contributed by atoms with Crippen LogP contribution in [0.25, 0.3) is 11.3 Å². The van der Waals surface area contributed by atoms with E-state index in [4.69, 9.17) is 5.73 Å². The molecule has 0 fully saturated rings. The lowest BCUT2D eigenvalue weighted by Crippen LogP contribution is -2.06. The number of aromatic carboxylic acids is 1. The summed E-state index contributed by atoms with van der Waals surface area (Å²) in [6, 6.07) is 16.7. The van der Waals surface area contributed by atoms with Crippen LogP contribution in [-0.2, 0) is 6.54 Å². The standard InChI is InChI=1S/C16H14N4O2/c17-13-8-6-12(7-9-13)15-14(16(21)22)18-19-20(15)10-11-4-2-1-3-5-11/h1-9H,10,17H2,(H,21,22). The molecule has 0 atom stereocenters. The first-order valence-corrected chi connectivity index (χ1v) is 6.72. The Balaban J connectivity index is 2.07. The number of aromatic nitrogens is 3. The van der Waals surface area contributed by atoms with Crippen LogP contribution in [0.4, 0.5) is 5.69 Å². The van der Waals surface area contributed by atoms with Gasteiger partial charge in [0, 0.05) is 11.3 Å². The molecule has 0 amide bonds. The van der Waals surface area contributed by atoms with E-state index in [1.54, 1.807) is 28.9 Å². The number of rotatable bonds is 4. The molecule has 1 heterocycles. The van der Waals surface area contributed by atoms with Gasteiger partial charge in [0.25, 0.3) is 0 Å². The van der Waals surface area contributed by atoms with Crippen molar-refractivity contribution in [2.75, 3.05) is 5.73 Å². The lowest BCUT2D eigenvalue weighted by Gasteiger charge is -2.08. The number of nitrogens with two attached hydrogens (primary N) is 1. The Morgan fingerprint density at radius 3 is 2.41 bits per heavy atom. The van der Waals surface area contributed by atoms with Gasteiger partial charge < -0.3 is 10.8 Å². The van der Waals surface area contributed by atoms with Gasteiger partial charge in [-0.1, -0.05) is 47.7 Å². The van der Waals surface area contributed by atoms with Crippen molar-refractivity contribution < 1.29 is 9.90 Å². The van der Waals surface area contributed by atoms with E-state index in [0.29, 0.717) is 23.5 Å². The molecule has 0 spiro atoms. The summed E-state index contributed by atoms with van der Waals surface area (Å²) in [5.74, 6) is -1.11. The van der Waals surface area contributed by atoms with Gasteiger partial charge in [-0.25, -0.2) is 9.48 Å². The average molecular weight is 294 g/mol. The van der Waals surface area contributed by atoms with Crippen LogP contribution in [0.15, 0.2) is 54.6 Å². The van der Waals surface area contributed by atoms with Gasteiger partial charge in [0.05, 0.1) is 6.54 Å². The molecule has 2 aromatic carbocycles. The number of hydrogen-bond donors (Lipinski definition) is 2. The molecule has 0 radical (unpaired) electrons. The number of carbonyl (C=O) groups is 1. The predicted octanol–water partition coefficient (Wildman–Crippen LogP) is 2.27. The fourth-order valence-corrected chi connectivity index (χ4v) is 2.25. The van der Waals surface area contributed by atoms with Crippen LogP contribution < -0.4 is 5.73 Å². The van der Waals surface area contributed by atoms with E-state index >= 15 is 0 Å². The topological polar surface area (TPSA) is 94.0 Å². The van der Waals surface area contributed by atoms with E-state index in [1.807, 2.05) is 30.3 Å². The van der Waals surface area contributed by atoms with Crippen molar-refractivity contribution in [2.24, 2.45) is 0 Å². The van der Waals surface area contributed by atoms with E-state index in [-0.39, 0.29) is 5.69 Å². The highest BCUT2D eigenvalue weighted by Crippen LogP contribution is 2.24. The molecule has 110 valence electrons. The Morgan fingerprint density at radius 2 is 1.77 bits per heavy atom. The van der Waals surface area contributed by atoms with Crippen LogP contribution in [0.3, 0.4) is 0 Å². The highest BCUT2D eigenvalue weighted by atomic mass is 16.4. The first-order valence-electron chi connectivity index (χ1n) is 6.72. The molecule has 3 rings (SSSR count). The highest BCUT2D eigenvalue weighted by molar-refractivity contribution is 5.92. The molecule has 6 nitrogen and oxygen atoms in total. The smallest absolute Gasteiger partial charge is 0.358 e. The van der Waals surface area contributed by atoms with Gasteiger partial charge in [0.2, 0.25) is 0 Å². The summed E-state index contributed by atoms with van der Waals surface area (Å²) in [4.78, 5) is 11.4. The van der Waals surface area contributed by atoms with Gasteiger partial charge in [0.15, 0.2) is 5.69 Å². The van der Waals surface area contributed by atoms with E-state index in [0.717, 1.165) is 5.56 Å². The Bertz CT molecular complexity index is 795. The zero-order chi connectivity index (χ0) is 15.5. The molecule has 0 saturated heterocycles. The monoisotopic (exact) mass is 294 g/mol. The second-order valence-electron chi connectivity index (χ2n) is 4.86. The molecule has 3 N–H and O–H groups in total. The van der Waals surface area contributed by atoms with E-state index < -0.39 is 5.97 Å². The fraction of sp³-hybridized carbons (Fsp3) is 0.0625. The minimum absolute atomic E-state index is 0.0688. The summed E-state index contributed by atoms with van der Waals surface area (Å²) >= 11 is 0. The van der Waals surface area contributed by atoms with Crippen molar-refractivity contribution in [2.45, 2.75) is 6.54 Å². The SMILES string of the molecule is Nc1ccc(-c2c(C(=O)O)nnn2Cc2ccccc2)cc1. The van der Waals surface area contributed by atoms with Crippen LogP contribution >= 0.6 is 0 Å². The van der Waals surface area contributed by atoms with E-state index in [9.17, 15) is 9.90 Å². The fourth-order valence-electron chi connectivity index (χ4n) is 2.25. The lowest BCUT2D eigenvalue weighted by molar-refractivity contribution is 0.0691. The summed E-state index contributed by atoms with van der Waals surface area (Å²) in [6.45, 7) is 0.445. The number of benzene rings is 2. The molecule has 3 aromatic rings. The lowest BCUT2D eigenvalue weighted by atomic mass is 10.1. The predicted molar refractivity (Wildman–Crippen MR) is 82.4 cm³/mol. The third-order valence-corrected chi connectivity index (χ3v) is 3.30. The number of carboxylic acids is 1. The normalized spacial score (nSPS) is 10.5. The highest BCUT2D eigenvalue weighted by Gasteiger charge is 2.20. The number of nitrogen functional groups attached to an aromatic ring is 1. The zero-order valence-corrected chi connectivity index (χ0v) is 11.7. The maximum atomic E-state index is 11.4. The Morgan fingerprint density at radius 1 is 1.09 bits per heavy atom. The molecular weight excluding hydrogens is 280 g/mol. The molecule has 0 aliphatic heterocycles. The van der Waals surface area contributed by atoms with Crippen molar-refractivity contribution in [1.29, 1.82) is 0 Å².